The quantitative estimate of drug-likeness (QED) is 0.765. The van der Waals surface area contributed by atoms with E-state index in [0.717, 1.165) is 37.4 Å². The Morgan fingerprint density at radius 3 is 2.58 bits per heavy atom. The lowest BCUT2D eigenvalue weighted by molar-refractivity contribution is 0.00783. The van der Waals surface area contributed by atoms with E-state index in [2.05, 4.69) is 31.0 Å². The number of benzene rings is 1. The van der Waals surface area contributed by atoms with Crippen LogP contribution in [0.2, 0.25) is 0 Å². The summed E-state index contributed by atoms with van der Waals surface area (Å²) in [5.74, 6) is 0.0431. The van der Waals surface area contributed by atoms with E-state index in [1.165, 1.54) is 0 Å². The second kappa shape index (κ2) is 7.60. The molecule has 26 heavy (non-hydrogen) atoms. The predicted molar refractivity (Wildman–Crippen MR) is 101 cm³/mol. The predicted octanol–water partition coefficient (Wildman–Crippen LogP) is 2.43. The number of para-hydroxylation sites is 1. The second-order valence-corrected chi connectivity index (χ2v) is 7.71. The number of methoxy groups -OCH3 is 1. The molecule has 2 heterocycles. The van der Waals surface area contributed by atoms with Gasteiger partial charge in [-0.2, -0.15) is 5.10 Å². The van der Waals surface area contributed by atoms with Crippen molar-refractivity contribution >= 4 is 5.91 Å². The van der Waals surface area contributed by atoms with Gasteiger partial charge in [0.1, 0.15) is 0 Å². The number of nitrogens with zero attached hydrogens (tertiary/aromatic N) is 4. The Bertz CT molecular complexity index is 748. The maximum absolute atomic E-state index is 13.0. The Kier molecular flexibility index (Phi) is 5.44. The molecular formula is C20H28N4O2. The highest BCUT2D eigenvalue weighted by molar-refractivity contribution is 5.95. The molecule has 140 valence electrons. The average molecular weight is 356 g/mol. The first kappa shape index (κ1) is 18.6. The van der Waals surface area contributed by atoms with Gasteiger partial charge in [-0.25, -0.2) is 4.68 Å². The monoisotopic (exact) mass is 356 g/mol. The topological polar surface area (TPSA) is 50.6 Å². The van der Waals surface area contributed by atoms with Crippen LogP contribution in [0, 0.1) is 5.41 Å². The molecule has 1 aliphatic rings. The summed E-state index contributed by atoms with van der Waals surface area (Å²) < 4.78 is 7.13. The van der Waals surface area contributed by atoms with Gasteiger partial charge in [-0.15, -0.1) is 0 Å². The number of rotatable bonds is 7. The van der Waals surface area contributed by atoms with Gasteiger partial charge in [0.2, 0.25) is 0 Å². The maximum atomic E-state index is 13.0. The molecule has 3 rings (SSSR count). The third-order valence-corrected chi connectivity index (χ3v) is 4.98. The molecule has 1 aromatic carbocycles. The third-order valence-electron chi connectivity index (χ3n) is 4.98. The number of hydrogen-bond donors (Lipinski definition) is 0. The van der Waals surface area contributed by atoms with E-state index in [0.29, 0.717) is 12.2 Å². The highest BCUT2D eigenvalue weighted by atomic mass is 16.5. The van der Waals surface area contributed by atoms with Gasteiger partial charge in [0.15, 0.2) is 0 Å². The zero-order chi connectivity index (χ0) is 18.7. The Labute approximate surface area is 155 Å². The van der Waals surface area contributed by atoms with E-state index in [1.807, 2.05) is 35.2 Å². The van der Waals surface area contributed by atoms with Gasteiger partial charge in [0, 0.05) is 25.6 Å². The fraction of sp³-hybridized carbons (Fsp3) is 0.500. The SMILES string of the molecule is COCc1c(C(=O)N2CC(C)(CCN(C)C)C2)cnn1-c1ccccc1. The van der Waals surface area contributed by atoms with Crippen molar-refractivity contribution in [2.45, 2.75) is 20.0 Å². The number of likely N-dealkylation sites (tertiary alicyclic amines) is 1. The minimum Gasteiger partial charge on any atom is -0.378 e. The lowest BCUT2D eigenvalue weighted by Crippen LogP contribution is -2.57. The molecule has 6 heteroatoms. The molecule has 0 saturated carbocycles. The van der Waals surface area contributed by atoms with E-state index in [-0.39, 0.29) is 11.3 Å². The van der Waals surface area contributed by atoms with Crippen LogP contribution in [0.15, 0.2) is 36.5 Å². The zero-order valence-electron chi connectivity index (χ0n) is 16.1. The molecule has 6 nitrogen and oxygen atoms in total. The van der Waals surface area contributed by atoms with Crippen LogP contribution in [0.1, 0.15) is 29.4 Å². The number of hydrogen-bond acceptors (Lipinski definition) is 4. The van der Waals surface area contributed by atoms with Gasteiger partial charge in [-0.3, -0.25) is 4.79 Å². The summed E-state index contributed by atoms with van der Waals surface area (Å²) in [6, 6.07) is 9.83. The van der Waals surface area contributed by atoms with Gasteiger partial charge in [-0.05, 0) is 39.2 Å². The zero-order valence-corrected chi connectivity index (χ0v) is 16.1. The highest BCUT2D eigenvalue weighted by Gasteiger charge is 2.42. The van der Waals surface area contributed by atoms with Crippen LogP contribution in [0.4, 0.5) is 0 Å². The largest absolute Gasteiger partial charge is 0.378 e. The Morgan fingerprint density at radius 2 is 1.96 bits per heavy atom. The number of ether oxygens (including phenoxy) is 1. The molecule has 0 aliphatic carbocycles. The van der Waals surface area contributed by atoms with E-state index >= 15 is 0 Å². The number of aromatic nitrogens is 2. The van der Waals surface area contributed by atoms with Crippen molar-refractivity contribution in [3.05, 3.63) is 47.8 Å². The van der Waals surface area contributed by atoms with E-state index in [9.17, 15) is 4.79 Å². The van der Waals surface area contributed by atoms with Crippen LogP contribution in [0.5, 0.6) is 0 Å². The fourth-order valence-corrected chi connectivity index (χ4v) is 3.46. The molecule has 0 N–H and O–H groups in total. The van der Waals surface area contributed by atoms with Gasteiger partial charge < -0.3 is 14.5 Å². The molecule has 1 fully saturated rings. The van der Waals surface area contributed by atoms with E-state index < -0.39 is 0 Å². The molecule has 0 atom stereocenters. The van der Waals surface area contributed by atoms with Gasteiger partial charge >= 0.3 is 0 Å². The van der Waals surface area contributed by atoms with Crippen LogP contribution in [0.25, 0.3) is 5.69 Å². The van der Waals surface area contributed by atoms with Crippen molar-refractivity contribution in [3.63, 3.8) is 0 Å². The molecule has 1 amide bonds. The van der Waals surface area contributed by atoms with Crippen LogP contribution >= 0.6 is 0 Å². The summed E-state index contributed by atoms with van der Waals surface area (Å²) in [6.45, 7) is 5.23. The van der Waals surface area contributed by atoms with Gasteiger partial charge in [-0.1, -0.05) is 25.1 Å². The second-order valence-electron chi connectivity index (χ2n) is 7.71. The van der Waals surface area contributed by atoms with Crippen molar-refractivity contribution in [1.29, 1.82) is 0 Å². The Hall–Kier alpha value is -2.18. The van der Waals surface area contributed by atoms with Crippen LogP contribution in [-0.2, 0) is 11.3 Å². The van der Waals surface area contributed by atoms with E-state index in [4.69, 9.17) is 4.74 Å². The first-order valence-electron chi connectivity index (χ1n) is 8.99. The van der Waals surface area contributed by atoms with Gasteiger partial charge in [0.05, 0.1) is 29.7 Å². The summed E-state index contributed by atoms with van der Waals surface area (Å²) in [7, 11) is 5.80. The molecule has 1 aromatic heterocycles. The highest BCUT2D eigenvalue weighted by Crippen LogP contribution is 2.35. The molecule has 0 spiro atoms. The van der Waals surface area contributed by atoms with Crippen molar-refractivity contribution in [1.82, 2.24) is 19.6 Å². The Morgan fingerprint density at radius 1 is 1.27 bits per heavy atom. The summed E-state index contributed by atoms with van der Waals surface area (Å²) in [5, 5.41) is 4.45. The molecule has 0 radical (unpaired) electrons. The summed E-state index contributed by atoms with van der Waals surface area (Å²) in [4.78, 5) is 17.1. The first-order chi connectivity index (χ1) is 12.4. The lowest BCUT2D eigenvalue weighted by atomic mass is 9.78. The summed E-state index contributed by atoms with van der Waals surface area (Å²) in [5.41, 5.74) is 2.56. The molecule has 1 aliphatic heterocycles. The number of amides is 1. The van der Waals surface area contributed by atoms with Crippen LogP contribution in [-0.4, -0.2) is 66.3 Å². The van der Waals surface area contributed by atoms with Crippen molar-refractivity contribution in [3.8, 4) is 5.69 Å². The summed E-state index contributed by atoms with van der Waals surface area (Å²) in [6.07, 6.45) is 2.76. The fourth-order valence-electron chi connectivity index (χ4n) is 3.46. The summed E-state index contributed by atoms with van der Waals surface area (Å²) >= 11 is 0. The van der Waals surface area contributed by atoms with Crippen molar-refractivity contribution in [2.75, 3.05) is 40.8 Å². The van der Waals surface area contributed by atoms with Crippen LogP contribution < -0.4 is 0 Å². The molecule has 2 aromatic rings. The van der Waals surface area contributed by atoms with Crippen molar-refractivity contribution in [2.24, 2.45) is 5.41 Å². The number of carbonyl (C=O) groups is 1. The Balaban J connectivity index is 1.76. The first-order valence-corrected chi connectivity index (χ1v) is 8.99. The smallest absolute Gasteiger partial charge is 0.257 e. The number of carbonyl (C=O) groups excluding carboxylic acids is 1. The standard InChI is InChI=1S/C20H28N4O2/c1-20(10-11-22(2)3)14-23(15-20)19(25)17-12-21-24(18(17)13-26-4)16-8-6-5-7-9-16/h5-9,12H,10-11,13-15H2,1-4H3. The van der Waals surface area contributed by atoms with Crippen LogP contribution in [0.3, 0.4) is 0 Å². The normalized spacial score (nSPS) is 16.0. The molecule has 1 saturated heterocycles. The van der Waals surface area contributed by atoms with E-state index in [1.54, 1.807) is 18.0 Å². The average Bonchev–Trinajstić information content (AvgIpc) is 3.02. The minimum absolute atomic E-state index is 0.0431. The maximum Gasteiger partial charge on any atom is 0.257 e. The molecule has 0 unspecified atom stereocenters. The minimum atomic E-state index is 0.0431. The third kappa shape index (κ3) is 3.81. The molecular weight excluding hydrogens is 328 g/mol. The van der Waals surface area contributed by atoms with Crippen molar-refractivity contribution < 1.29 is 9.53 Å². The molecule has 0 bridgehead atoms. The lowest BCUT2D eigenvalue weighted by Gasteiger charge is -2.48. The van der Waals surface area contributed by atoms with Gasteiger partial charge in [0.25, 0.3) is 5.91 Å².